The van der Waals surface area contributed by atoms with Gasteiger partial charge in [0.25, 0.3) is 5.56 Å². The van der Waals surface area contributed by atoms with Gasteiger partial charge in [-0.15, -0.1) is 0 Å². The Labute approximate surface area is 227 Å². The molecule has 0 amide bonds. The van der Waals surface area contributed by atoms with E-state index in [1.165, 1.54) is 4.57 Å². The van der Waals surface area contributed by atoms with Crippen molar-refractivity contribution in [3.05, 3.63) is 118 Å². The van der Waals surface area contributed by atoms with Crippen LogP contribution in [0.1, 0.15) is 5.56 Å². The van der Waals surface area contributed by atoms with Gasteiger partial charge in [-0.3, -0.25) is 24.3 Å². The van der Waals surface area contributed by atoms with E-state index in [0.717, 1.165) is 11.3 Å². The molecule has 0 saturated heterocycles. The number of nitrogens with one attached hydrogen (secondary N) is 1. The molecule has 0 unspecified atom stereocenters. The van der Waals surface area contributed by atoms with Crippen molar-refractivity contribution in [2.24, 2.45) is 5.73 Å². The van der Waals surface area contributed by atoms with Crippen LogP contribution >= 0.6 is 11.6 Å². The van der Waals surface area contributed by atoms with Gasteiger partial charge in [-0.1, -0.05) is 48.0 Å². The fraction of sp³-hybridized carbons (Fsp3) is 0. The molecule has 5 N–H and O–H groups in total. The maximum absolute atomic E-state index is 13.9. The first-order valence-electron chi connectivity index (χ1n) is 11.9. The van der Waals surface area contributed by atoms with E-state index >= 15 is 0 Å². The smallest absolute Gasteiger partial charge is 0.286 e. The van der Waals surface area contributed by atoms with Crippen molar-refractivity contribution in [3.8, 4) is 34.0 Å². The summed E-state index contributed by atoms with van der Waals surface area (Å²) in [6.07, 6.45) is 3.16. The number of imidazole rings is 1. The zero-order valence-electron chi connectivity index (χ0n) is 20.4. The number of benzene rings is 3. The Morgan fingerprint density at radius 3 is 2.31 bits per heavy atom. The van der Waals surface area contributed by atoms with Gasteiger partial charge in [0.1, 0.15) is 18.0 Å². The number of fused-ring (bicyclic) bond motifs is 1. The average Bonchev–Trinajstić information content (AvgIpc) is 3.39. The van der Waals surface area contributed by atoms with Crippen LogP contribution in [-0.2, 0) is 0 Å². The summed E-state index contributed by atoms with van der Waals surface area (Å²) in [5.74, 6) is 0.367. The van der Waals surface area contributed by atoms with Crippen LogP contribution in [0, 0.1) is 5.41 Å². The number of nitrogens with zero attached hydrogens (tertiary/aromatic N) is 5. The maximum atomic E-state index is 13.9. The first kappa shape index (κ1) is 24.1. The standard InChI is InChI=1S/C29H21ClN8O/c30-20-8-11-22(12-9-20)38-27(18-6-4-17(5-7-18)24-13-10-21(31)15-34-24)36-28-25(29(38)39)35-16-37(28)23-3-1-2-19(14-23)26(32)33/h1-16H,31H2,(H3,32,33). The largest absolute Gasteiger partial charge is 0.397 e. The lowest BCUT2D eigenvalue weighted by molar-refractivity contribution is 0.962. The van der Waals surface area contributed by atoms with E-state index in [4.69, 9.17) is 33.5 Å². The number of rotatable bonds is 5. The summed E-state index contributed by atoms with van der Waals surface area (Å²) in [6, 6.07) is 25.4. The number of nitrogen functional groups attached to an aromatic ring is 2. The lowest BCUT2D eigenvalue weighted by atomic mass is 10.1. The molecular weight excluding hydrogens is 512 g/mol. The Balaban J connectivity index is 1.57. The molecule has 39 heavy (non-hydrogen) atoms. The van der Waals surface area contributed by atoms with Crippen LogP contribution in [0.3, 0.4) is 0 Å². The van der Waals surface area contributed by atoms with Crippen molar-refractivity contribution in [3.63, 3.8) is 0 Å². The third-order valence-electron chi connectivity index (χ3n) is 6.32. The number of pyridine rings is 1. The minimum Gasteiger partial charge on any atom is -0.397 e. The molecule has 3 heterocycles. The predicted octanol–water partition coefficient (Wildman–Crippen LogP) is 4.82. The minimum atomic E-state index is -0.330. The lowest BCUT2D eigenvalue weighted by Crippen LogP contribution is -2.22. The minimum absolute atomic E-state index is 0.0595. The summed E-state index contributed by atoms with van der Waals surface area (Å²) < 4.78 is 3.24. The third-order valence-corrected chi connectivity index (χ3v) is 6.57. The Morgan fingerprint density at radius 1 is 0.872 bits per heavy atom. The van der Waals surface area contributed by atoms with Gasteiger partial charge in [0.2, 0.25) is 0 Å². The second-order valence-electron chi connectivity index (χ2n) is 8.86. The molecule has 0 bridgehead atoms. The molecule has 0 spiro atoms. The molecule has 3 aromatic heterocycles. The van der Waals surface area contributed by atoms with E-state index < -0.39 is 0 Å². The highest BCUT2D eigenvalue weighted by Crippen LogP contribution is 2.27. The summed E-state index contributed by atoms with van der Waals surface area (Å²) in [7, 11) is 0. The maximum Gasteiger partial charge on any atom is 0.286 e. The Kier molecular flexibility index (Phi) is 5.90. The van der Waals surface area contributed by atoms with Crippen molar-refractivity contribution < 1.29 is 0 Å². The fourth-order valence-electron chi connectivity index (χ4n) is 4.35. The summed E-state index contributed by atoms with van der Waals surface area (Å²) in [5, 5.41) is 8.35. The highest BCUT2D eigenvalue weighted by atomic mass is 35.5. The van der Waals surface area contributed by atoms with E-state index in [1.807, 2.05) is 36.4 Å². The molecule has 0 fully saturated rings. The molecule has 0 saturated carbocycles. The number of halogens is 1. The molecule has 0 aliphatic rings. The highest BCUT2D eigenvalue weighted by Gasteiger charge is 2.19. The fourth-order valence-corrected chi connectivity index (χ4v) is 4.48. The van der Waals surface area contributed by atoms with Crippen LogP contribution < -0.4 is 17.0 Å². The summed E-state index contributed by atoms with van der Waals surface area (Å²) >= 11 is 6.13. The van der Waals surface area contributed by atoms with Gasteiger partial charge in [0.15, 0.2) is 11.2 Å². The normalized spacial score (nSPS) is 11.1. The average molecular weight is 533 g/mol. The molecular formula is C29H21ClN8O. The molecule has 0 aliphatic heterocycles. The highest BCUT2D eigenvalue weighted by molar-refractivity contribution is 6.30. The number of aromatic nitrogens is 5. The number of hydrogen-bond acceptors (Lipinski definition) is 6. The summed E-state index contributed by atoms with van der Waals surface area (Å²) in [6.45, 7) is 0. The molecule has 10 heteroatoms. The van der Waals surface area contributed by atoms with E-state index in [-0.39, 0.29) is 16.9 Å². The topological polar surface area (TPSA) is 141 Å². The van der Waals surface area contributed by atoms with Gasteiger partial charge < -0.3 is 11.5 Å². The van der Waals surface area contributed by atoms with Gasteiger partial charge in [0, 0.05) is 27.4 Å². The first-order chi connectivity index (χ1) is 18.9. The van der Waals surface area contributed by atoms with Gasteiger partial charge >= 0.3 is 0 Å². The van der Waals surface area contributed by atoms with Gasteiger partial charge in [-0.25, -0.2) is 9.97 Å². The quantitative estimate of drug-likeness (QED) is 0.215. The van der Waals surface area contributed by atoms with Gasteiger partial charge in [0.05, 0.1) is 23.3 Å². The van der Waals surface area contributed by atoms with Crippen molar-refractivity contribution in [1.29, 1.82) is 5.41 Å². The Morgan fingerprint density at radius 2 is 1.62 bits per heavy atom. The SMILES string of the molecule is N=C(N)c1cccc(-n2cnc3c(=O)n(-c4ccc(Cl)cc4)c(-c4ccc(-c5ccc(N)cn5)cc4)nc32)c1. The predicted molar refractivity (Wildman–Crippen MR) is 154 cm³/mol. The Hall–Kier alpha value is -5.28. The molecule has 0 aliphatic carbocycles. The van der Waals surface area contributed by atoms with E-state index in [2.05, 4.69) is 9.97 Å². The molecule has 0 atom stereocenters. The number of anilines is 1. The van der Waals surface area contributed by atoms with Crippen molar-refractivity contribution in [2.75, 3.05) is 5.73 Å². The number of amidine groups is 1. The monoisotopic (exact) mass is 532 g/mol. The first-order valence-corrected chi connectivity index (χ1v) is 12.3. The molecule has 6 rings (SSSR count). The second kappa shape index (κ2) is 9.55. The van der Waals surface area contributed by atoms with E-state index in [0.29, 0.717) is 44.7 Å². The van der Waals surface area contributed by atoms with E-state index in [1.54, 1.807) is 65.6 Å². The van der Waals surface area contributed by atoms with Crippen LogP contribution in [0.2, 0.25) is 5.02 Å². The van der Waals surface area contributed by atoms with E-state index in [9.17, 15) is 4.79 Å². The zero-order valence-corrected chi connectivity index (χ0v) is 21.2. The molecule has 0 radical (unpaired) electrons. The van der Waals surface area contributed by atoms with Crippen molar-refractivity contribution in [1.82, 2.24) is 24.1 Å². The molecule has 3 aromatic carbocycles. The molecule has 190 valence electrons. The number of nitrogens with two attached hydrogens (primary N) is 2. The summed E-state index contributed by atoms with van der Waals surface area (Å²) in [4.78, 5) is 27.6. The zero-order chi connectivity index (χ0) is 27.1. The van der Waals surface area contributed by atoms with Gasteiger partial charge in [-0.2, -0.15) is 0 Å². The van der Waals surface area contributed by atoms with Crippen LogP contribution in [0.15, 0.2) is 102 Å². The van der Waals surface area contributed by atoms with Crippen molar-refractivity contribution in [2.45, 2.75) is 0 Å². The summed E-state index contributed by atoms with van der Waals surface area (Å²) in [5.41, 5.74) is 16.5. The van der Waals surface area contributed by atoms with Gasteiger partial charge in [-0.05, 0) is 48.5 Å². The molecule has 6 aromatic rings. The number of hydrogen-bond donors (Lipinski definition) is 3. The Bertz CT molecular complexity index is 1910. The second-order valence-corrected chi connectivity index (χ2v) is 9.29. The van der Waals surface area contributed by atoms with Crippen LogP contribution in [0.5, 0.6) is 0 Å². The van der Waals surface area contributed by atoms with Crippen LogP contribution in [0.4, 0.5) is 5.69 Å². The lowest BCUT2D eigenvalue weighted by Gasteiger charge is -2.14. The van der Waals surface area contributed by atoms with Crippen LogP contribution in [0.25, 0.3) is 45.2 Å². The molecule has 9 nitrogen and oxygen atoms in total. The van der Waals surface area contributed by atoms with Crippen molar-refractivity contribution >= 4 is 34.3 Å². The van der Waals surface area contributed by atoms with Crippen LogP contribution in [-0.4, -0.2) is 29.9 Å². The third kappa shape index (κ3) is 4.41.